The zero-order chi connectivity index (χ0) is 15.3. The molecule has 0 unspecified atom stereocenters. The third-order valence-corrected chi connectivity index (χ3v) is 3.74. The highest BCUT2D eigenvalue weighted by molar-refractivity contribution is 7.90. The molecule has 0 atom stereocenters. The van der Waals surface area contributed by atoms with Gasteiger partial charge in [0.2, 0.25) is 0 Å². The van der Waals surface area contributed by atoms with E-state index < -0.39 is 9.84 Å². The molecule has 7 nitrogen and oxygen atoms in total. The van der Waals surface area contributed by atoms with Crippen LogP contribution in [0.2, 0.25) is 0 Å². The van der Waals surface area contributed by atoms with Crippen LogP contribution in [0.1, 0.15) is 0 Å². The molecule has 0 fully saturated rings. The van der Waals surface area contributed by atoms with Crippen LogP contribution in [-0.4, -0.2) is 52.8 Å². The Labute approximate surface area is 119 Å². The number of urea groups is 1. The molecule has 1 aromatic rings. The fourth-order valence-electron chi connectivity index (χ4n) is 1.55. The number of hydrogen-bond donors (Lipinski definition) is 3. The van der Waals surface area contributed by atoms with Crippen molar-refractivity contribution in [1.29, 1.82) is 0 Å². The third kappa shape index (κ3) is 4.30. The molecule has 0 heterocycles. The molecule has 20 heavy (non-hydrogen) atoms. The van der Waals surface area contributed by atoms with E-state index in [9.17, 15) is 13.2 Å². The van der Waals surface area contributed by atoms with Gasteiger partial charge in [0, 0.05) is 33.4 Å². The summed E-state index contributed by atoms with van der Waals surface area (Å²) in [5, 5.41) is 5.68. The summed E-state index contributed by atoms with van der Waals surface area (Å²) in [7, 11) is -0.0544. The van der Waals surface area contributed by atoms with Gasteiger partial charge in [0.05, 0.1) is 16.3 Å². The van der Waals surface area contributed by atoms with E-state index >= 15 is 0 Å². The third-order valence-electron chi connectivity index (χ3n) is 2.59. The second-order valence-corrected chi connectivity index (χ2v) is 6.53. The van der Waals surface area contributed by atoms with Gasteiger partial charge in [-0.2, -0.15) is 0 Å². The number of anilines is 2. The Morgan fingerprint density at radius 1 is 1.30 bits per heavy atom. The molecule has 0 aromatic heterocycles. The highest BCUT2D eigenvalue weighted by atomic mass is 32.2. The molecule has 0 bridgehead atoms. The second-order valence-electron chi connectivity index (χ2n) is 4.54. The van der Waals surface area contributed by atoms with Crippen molar-refractivity contribution in [3.8, 4) is 0 Å². The first kappa shape index (κ1) is 16.1. The number of rotatable bonds is 5. The average Bonchev–Trinajstić information content (AvgIpc) is 2.34. The van der Waals surface area contributed by atoms with Crippen molar-refractivity contribution in [2.45, 2.75) is 4.90 Å². The Balaban J connectivity index is 2.64. The van der Waals surface area contributed by atoms with Crippen molar-refractivity contribution in [2.24, 2.45) is 0 Å². The normalized spacial score (nSPS) is 10.9. The number of nitrogens with one attached hydrogen (secondary N) is 2. The highest BCUT2D eigenvalue weighted by Gasteiger charge is 2.13. The van der Waals surface area contributed by atoms with Crippen LogP contribution in [0.5, 0.6) is 0 Å². The molecule has 2 amide bonds. The zero-order valence-electron chi connectivity index (χ0n) is 11.8. The number of carbonyl (C=O) groups is 1. The Hall–Kier alpha value is -1.96. The first-order chi connectivity index (χ1) is 9.23. The Bertz CT molecular complexity index is 584. The molecule has 0 aliphatic heterocycles. The maximum Gasteiger partial charge on any atom is 0.316 e. The van der Waals surface area contributed by atoms with Crippen molar-refractivity contribution in [2.75, 3.05) is 44.5 Å². The van der Waals surface area contributed by atoms with E-state index in [-0.39, 0.29) is 16.6 Å². The van der Waals surface area contributed by atoms with Crippen molar-refractivity contribution < 1.29 is 13.2 Å². The van der Waals surface area contributed by atoms with E-state index in [0.717, 1.165) is 6.26 Å². The Morgan fingerprint density at radius 2 is 1.95 bits per heavy atom. The van der Waals surface area contributed by atoms with Gasteiger partial charge in [-0.3, -0.25) is 0 Å². The number of carbonyl (C=O) groups excluding carboxylic acids is 1. The topological polar surface area (TPSA) is 105 Å². The molecule has 0 radical (unpaired) electrons. The molecule has 0 spiro atoms. The maximum atomic E-state index is 11.5. The fraction of sp³-hybridized carbons (Fsp3) is 0.417. The van der Waals surface area contributed by atoms with Crippen LogP contribution in [0.25, 0.3) is 0 Å². The second kappa shape index (κ2) is 6.47. The van der Waals surface area contributed by atoms with Gasteiger partial charge in [-0.25, -0.2) is 13.2 Å². The van der Waals surface area contributed by atoms with Crippen LogP contribution >= 0.6 is 0 Å². The summed E-state index contributed by atoms with van der Waals surface area (Å²) in [6.45, 7) is 0.844. The van der Waals surface area contributed by atoms with Gasteiger partial charge in [0.15, 0.2) is 9.84 Å². The molecular weight excluding hydrogens is 280 g/mol. The molecule has 8 heteroatoms. The molecule has 112 valence electrons. The summed E-state index contributed by atoms with van der Waals surface area (Å²) in [6, 6.07) is 4.58. The lowest BCUT2D eigenvalue weighted by Gasteiger charge is -2.14. The molecule has 0 aliphatic carbocycles. The molecule has 4 N–H and O–H groups in total. The molecule has 1 rings (SSSR count). The van der Waals surface area contributed by atoms with Crippen molar-refractivity contribution in [1.82, 2.24) is 10.2 Å². The fourth-order valence-corrected chi connectivity index (χ4v) is 2.38. The van der Waals surface area contributed by atoms with Gasteiger partial charge in [-0.1, -0.05) is 6.07 Å². The van der Waals surface area contributed by atoms with E-state index in [0.29, 0.717) is 18.8 Å². The van der Waals surface area contributed by atoms with Gasteiger partial charge in [-0.15, -0.1) is 0 Å². The van der Waals surface area contributed by atoms with Crippen LogP contribution in [0.4, 0.5) is 16.2 Å². The molecule has 1 aromatic carbocycles. The van der Waals surface area contributed by atoms with E-state index in [1.54, 1.807) is 26.2 Å². The number of para-hydroxylation sites is 1. The Morgan fingerprint density at radius 3 is 2.50 bits per heavy atom. The lowest BCUT2D eigenvalue weighted by atomic mass is 10.2. The minimum atomic E-state index is -3.35. The molecule has 0 saturated carbocycles. The minimum Gasteiger partial charge on any atom is -0.396 e. The van der Waals surface area contributed by atoms with Crippen LogP contribution < -0.4 is 16.4 Å². The zero-order valence-corrected chi connectivity index (χ0v) is 12.6. The first-order valence-electron chi connectivity index (χ1n) is 6.01. The van der Waals surface area contributed by atoms with Crippen LogP contribution in [0.3, 0.4) is 0 Å². The largest absolute Gasteiger partial charge is 0.396 e. The van der Waals surface area contributed by atoms with Crippen molar-refractivity contribution in [3.63, 3.8) is 0 Å². The lowest BCUT2D eigenvalue weighted by molar-refractivity contribution is 0.218. The van der Waals surface area contributed by atoms with Gasteiger partial charge in [-0.05, 0) is 12.1 Å². The quantitative estimate of drug-likeness (QED) is 0.538. The van der Waals surface area contributed by atoms with Crippen LogP contribution in [-0.2, 0) is 9.84 Å². The summed E-state index contributed by atoms with van der Waals surface area (Å²) in [4.78, 5) is 12.8. The van der Waals surface area contributed by atoms with E-state index in [2.05, 4.69) is 10.6 Å². The summed E-state index contributed by atoms with van der Waals surface area (Å²) in [5.41, 5.74) is 6.55. The number of benzene rings is 1. The van der Waals surface area contributed by atoms with Crippen molar-refractivity contribution >= 4 is 27.2 Å². The van der Waals surface area contributed by atoms with Crippen LogP contribution in [0, 0.1) is 0 Å². The van der Waals surface area contributed by atoms with E-state index in [1.165, 1.54) is 11.0 Å². The summed E-state index contributed by atoms with van der Waals surface area (Å²) >= 11 is 0. The SMILES string of the molecule is CN(C)C(=O)NCCNc1cccc(S(C)(=O)=O)c1N. The lowest BCUT2D eigenvalue weighted by Crippen LogP contribution is -2.37. The van der Waals surface area contributed by atoms with Gasteiger partial charge in [0.1, 0.15) is 0 Å². The molecule has 0 saturated heterocycles. The monoisotopic (exact) mass is 300 g/mol. The first-order valence-corrected chi connectivity index (χ1v) is 7.90. The summed E-state index contributed by atoms with van der Waals surface area (Å²) in [5.74, 6) is 0. The highest BCUT2D eigenvalue weighted by Crippen LogP contribution is 2.26. The summed E-state index contributed by atoms with van der Waals surface area (Å²) < 4.78 is 23.1. The molecular formula is C12H20N4O3S. The van der Waals surface area contributed by atoms with E-state index in [1.807, 2.05) is 0 Å². The number of amides is 2. The molecule has 0 aliphatic rings. The smallest absolute Gasteiger partial charge is 0.316 e. The average molecular weight is 300 g/mol. The maximum absolute atomic E-state index is 11.5. The Kier molecular flexibility index (Phi) is 5.20. The number of nitrogen functional groups attached to an aromatic ring is 1. The number of sulfone groups is 1. The standard InChI is InChI=1S/C12H20N4O3S/c1-16(2)12(17)15-8-7-14-9-5-4-6-10(11(9)13)20(3,18)19/h4-6,14H,7-8,13H2,1-3H3,(H,15,17). The number of nitrogens with zero attached hydrogens (tertiary/aromatic N) is 1. The predicted molar refractivity (Wildman–Crippen MR) is 79.5 cm³/mol. The van der Waals surface area contributed by atoms with Gasteiger partial charge >= 0.3 is 6.03 Å². The number of nitrogens with two attached hydrogens (primary N) is 1. The minimum absolute atomic E-state index is 0.0971. The van der Waals surface area contributed by atoms with Gasteiger partial charge < -0.3 is 21.3 Å². The van der Waals surface area contributed by atoms with Crippen LogP contribution in [0.15, 0.2) is 23.1 Å². The number of hydrogen-bond acceptors (Lipinski definition) is 5. The van der Waals surface area contributed by atoms with Gasteiger partial charge in [0.25, 0.3) is 0 Å². The predicted octanol–water partition coefficient (Wildman–Crippen LogP) is 0.355. The summed E-state index contributed by atoms with van der Waals surface area (Å²) in [6.07, 6.45) is 1.11. The van der Waals surface area contributed by atoms with E-state index in [4.69, 9.17) is 5.73 Å². The van der Waals surface area contributed by atoms with Crippen molar-refractivity contribution in [3.05, 3.63) is 18.2 Å².